The quantitative estimate of drug-likeness (QED) is 0.612. The molecule has 160 valence electrons. The fourth-order valence-corrected chi connectivity index (χ4v) is 4.58. The maximum atomic E-state index is 12.9. The molecule has 0 saturated carbocycles. The van der Waals surface area contributed by atoms with Gasteiger partial charge in [0.25, 0.3) is 11.8 Å². The molecule has 7 nitrogen and oxygen atoms in total. The van der Waals surface area contributed by atoms with Crippen LogP contribution in [0.1, 0.15) is 43.9 Å². The average Bonchev–Trinajstić information content (AvgIpc) is 3.29. The SMILES string of the molecule is COc1ccc(C(=O)N2CCCC(c3nnc(C(=O)Nc4cccc(Cl)c4)s3)C2)cc1. The van der Waals surface area contributed by atoms with Crippen molar-refractivity contribution in [2.45, 2.75) is 18.8 Å². The smallest absolute Gasteiger partial charge is 0.286 e. The number of rotatable bonds is 5. The Morgan fingerprint density at radius 3 is 2.74 bits per heavy atom. The van der Waals surface area contributed by atoms with Crippen molar-refractivity contribution in [2.75, 3.05) is 25.5 Å². The van der Waals surface area contributed by atoms with Gasteiger partial charge in [0.15, 0.2) is 0 Å². The van der Waals surface area contributed by atoms with Crippen LogP contribution in [0, 0.1) is 0 Å². The molecule has 1 atom stereocenters. The lowest BCUT2D eigenvalue weighted by Gasteiger charge is -2.31. The Morgan fingerprint density at radius 2 is 2.00 bits per heavy atom. The van der Waals surface area contributed by atoms with Gasteiger partial charge in [0, 0.05) is 35.3 Å². The molecule has 31 heavy (non-hydrogen) atoms. The van der Waals surface area contributed by atoms with E-state index in [4.69, 9.17) is 16.3 Å². The number of piperidine rings is 1. The summed E-state index contributed by atoms with van der Waals surface area (Å²) in [6.45, 7) is 1.25. The summed E-state index contributed by atoms with van der Waals surface area (Å²) in [5, 5.41) is 12.7. The highest BCUT2D eigenvalue weighted by Gasteiger charge is 2.28. The molecule has 1 fully saturated rings. The van der Waals surface area contributed by atoms with Gasteiger partial charge in [0.2, 0.25) is 5.01 Å². The summed E-state index contributed by atoms with van der Waals surface area (Å²) < 4.78 is 5.16. The van der Waals surface area contributed by atoms with Crippen LogP contribution in [-0.2, 0) is 0 Å². The molecule has 1 N–H and O–H groups in total. The number of nitrogens with one attached hydrogen (secondary N) is 1. The Balaban J connectivity index is 1.42. The van der Waals surface area contributed by atoms with E-state index in [0.29, 0.717) is 35.1 Å². The van der Waals surface area contributed by atoms with Crippen LogP contribution in [0.3, 0.4) is 0 Å². The maximum Gasteiger partial charge on any atom is 0.286 e. The third kappa shape index (κ3) is 5.03. The van der Waals surface area contributed by atoms with E-state index in [1.54, 1.807) is 55.6 Å². The van der Waals surface area contributed by atoms with E-state index in [-0.39, 0.29) is 22.7 Å². The zero-order valence-electron chi connectivity index (χ0n) is 16.9. The van der Waals surface area contributed by atoms with Gasteiger partial charge in [0.05, 0.1) is 7.11 Å². The average molecular weight is 457 g/mol. The monoisotopic (exact) mass is 456 g/mol. The highest BCUT2D eigenvalue weighted by atomic mass is 35.5. The summed E-state index contributed by atoms with van der Waals surface area (Å²) >= 11 is 7.23. The highest BCUT2D eigenvalue weighted by molar-refractivity contribution is 7.13. The lowest BCUT2D eigenvalue weighted by Crippen LogP contribution is -2.39. The normalized spacial score (nSPS) is 16.1. The van der Waals surface area contributed by atoms with Gasteiger partial charge >= 0.3 is 0 Å². The predicted octanol–water partition coefficient (Wildman–Crippen LogP) is 4.47. The maximum absolute atomic E-state index is 12.9. The second-order valence-electron chi connectivity index (χ2n) is 7.23. The van der Waals surface area contributed by atoms with Crippen molar-refractivity contribution in [1.82, 2.24) is 15.1 Å². The molecule has 0 bridgehead atoms. The molecule has 2 heterocycles. The van der Waals surface area contributed by atoms with Crippen molar-refractivity contribution in [3.8, 4) is 5.75 Å². The minimum absolute atomic E-state index is 0.0178. The Morgan fingerprint density at radius 1 is 1.19 bits per heavy atom. The first-order valence-corrected chi connectivity index (χ1v) is 11.1. The zero-order valence-corrected chi connectivity index (χ0v) is 18.4. The third-order valence-electron chi connectivity index (χ3n) is 5.11. The fourth-order valence-electron chi connectivity index (χ4n) is 3.52. The molecule has 1 aliphatic rings. The number of carbonyl (C=O) groups is 2. The van der Waals surface area contributed by atoms with Crippen molar-refractivity contribution < 1.29 is 14.3 Å². The molecule has 0 spiro atoms. The molecule has 1 aliphatic heterocycles. The van der Waals surface area contributed by atoms with E-state index in [0.717, 1.165) is 17.8 Å². The largest absolute Gasteiger partial charge is 0.497 e. The number of methoxy groups -OCH3 is 1. The number of ether oxygens (including phenoxy) is 1. The predicted molar refractivity (Wildman–Crippen MR) is 120 cm³/mol. The van der Waals surface area contributed by atoms with Gasteiger partial charge in [-0.3, -0.25) is 9.59 Å². The van der Waals surface area contributed by atoms with Crippen LogP contribution < -0.4 is 10.1 Å². The van der Waals surface area contributed by atoms with Crippen molar-refractivity contribution >= 4 is 40.4 Å². The van der Waals surface area contributed by atoms with Crippen molar-refractivity contribution in [3.63, 3.8) is 0 Å². The topological polar surface area (TPSA) is 84.4 Å². The van der Waals surface area contributed by atoms with Crippen LogP contribution in [0.2, 0.25) is 5.02 Å². The van der Waals surface area contributed by atoms with Crippen molar-refractivity contribution in [3.05, 3.63) is 69.1 Å². The van der Waals surface area contributed by atoms with Crippen LogP contribution in [0.15, 0.2) is 48.5 Å². The summed E-state index contributed by atoms with van der Waals surface area (Å²) in [6, 6.07) is 14.0. The lowest BCUT2D eigenvalue weighted by molar-refractivity contribution is 0.0706. The van der Waals surface area contributed by atoms with Crippen LogP contribution in [0.25, 0.3) is 0 Å². The van der Waals surface area contributed by atoms with Crippen LogP contribution in [0.4, 0.5) is 5.69 Å². The molecule has 2 amide bonds. The minimum Gasteiger partial charge on any atom is -0.497 e. The standard InChI is InChI=1S/C22H21ClN4O3S/c1-30-18-9-7-14(8-10-18)22(29)27-11-3-4-15(13-27)20-25-26-21(31-20)19(28)24-17-6-2-5-16(23)12-17/h2,5-10,12,15H,3-4,11,13H2,1H3,(H,24,28). The number of halogens is 1. The van der Waals surface area contributed by atoms with Crippen LogP contribution >= 0.6 is 22.9 Å². The number of amides is 2. The number of benzene rings is 2. The number of likely N-dealkylation sites (tertiary alicyclic amines) is 1. The van der Waals surface area contributed by atoms with Crippen molar-refractivity contribution in [1.29, 1.82) is 0 Å². The Hall–Kier alpha value is -2.97. The van der Waals surface area contributed by atoms with Gasteiger partial charge in [-0.05, 0) is 55.3 Å². The number of nitrogens with zero attached hydrogens (tertiary/aromatic N) is 3. The number of anilines is 1. The van der Waals surface area contributed by atoms with Crippen LogP contribution in [0.5, 0.6) is 5.75 Å². The second kappa shape index (κ2) is 9.45. The summed E-state index contributed by atoms with van der Waals surface area (Å²) in [5.41, 5.74) is 1.23. The van der Waals surface area contributed by atoms with E-state index >= 15 is 0 Å². The molecule has 3 aromatic rings. The minimum atomic E-state index is -0.326. The van der Waals surface area contributed by atoms with Crippen molar-refractivity contribution in [2.24, 2.45) is 0 Å². The van der Waals surface area contributed by atoms with Gasteiger partial charge in [-0.1, -0.05) is 29.0 Å². The molecule has 0 aliphatic carbocycles. The number of hydrogen-bond acceptors (Lipinski definition) is 6. The first kappa shape index (κ1) is 21.3. The Bertz CT molecular complexity index is 1090. The Kier molecular flexibility index (Phi) is 6.48. The van der Waals surface area contributed by atoms with E-state index in [2.05, 4.69) is 15.5 Å². The molecular formula is C22H21ClN4O3S. The summed E-state index contributed by atoms with van der Waals surface area (Å²) in [4.78, 5) is 27.2. The highest BCUT2D eigenvalue weighted by Crippen LogP contribution is 2.30. The van der Waals surface area contributed by atoms with Gasteiger partial charge < -0.3 is 15.0 Å². The van der Waals surface area contributed by atoms with Gasteiger partial charge in [0.1, 0.15) is 10.8 Å². The molecule has 1 unspecified atom stereocenters. The van der Waals surface area contributed by atoms with Gasteiger partial charge in [-0.15, -0.1) is 10.2 Å². The molecule has 9 heteroatoms. The molecular weight excluding hydrogens is 436 g/mol. The fraction of sp³-hybridized carbons (Fsp3) is 0.273. The number of aromatic nitrogens is 2. The third-order valence-corrected chi connectivity index (χ3v) is 6.43. The van der Waals surface area contributed by atoms with Gasteiger partial charge in [-0.25, -0.2) is 0 Å². The van der Waals surface area contributed by atoms with E-state index in [1.807, 2.05) is 4.90 Å². The molecule has 1 saturated heterocycles. The zero-order chi connectivity index (χ0) is 21.8. The molecule has 1 aromatic heterocycles. The number of hydrogen-bond donors (Lipinski definition) is 1. The summed E-state index contributed by atoms with van der Waals surface area (Å²) in [7, 11) is 1.59. The van der Waals surface area contributed by atoms with E-state index < -0.39 is 0 Å². The lowest BCUT2D eigenvalue weighted by atomic mass is 9.98. The number of carbonyl (C=O) groups excluding carboxylic acids is 2. The van der Waals surface area contributed by atoms with E-state index in [1.165, 1.54) is 11.3 Å². The first-order chi connectivity index (χ1) is 15.0. The summed E-state index contributed by atoms with van der Waals surface area (Å²) in [5.74, 6) is 0.426. The first-order valence-electron chi connectivity index (χ1n) is 9.87. The summed E-state index contributed by atoms with van der Waals surface area (Å²) in [6.07, 6.45) is 1.77. The molecule has 0 radical (unpaired) electrons. The molecule has 4 rings (SSSR count). The van der Waals surface area contributed by atoms with Gasteiger partial charge in [-0.2, -0.15) is 0 Å². The van der Waals surface area contributed by atoms with E-state index in [9.17, 15) is 9.59 Å². The Labute approximate surface area is 189 Å². The molecule has 2 aromatic carbocycles. The van der Waals surface area contributed by atoms with Crippen LogP contribution in [-0.4, -0.2) is 47.1 Å². The second-order valence-corrected chi connectivity index (χ2v) is 8.67.